The van der Waals surface area contributed by atoms with E-state index in [1.165, 1.54) is 18.2 Å². The molecule has 1 saturated heterocycles. The first-order chi connectivity index (χ1) is 13.5. The van der Waals surface area contributed by atoms with Crippen molar-refractivity contribution in [3.8, 4) is 5.75 Å². The number of carbonyl (C=O) groups excluding carboxylic acids is 1. The first-order valence-electron chi connectivity index (χ1n) is 8.86. The molecule has 0 atom stereocenters. The summed E-state index contributed by atoms with van der Waals surface area (Å²) in [5.41, 5.74) is 1.27. The zero-order valence-corrected chi connectivity index (χ0v) is 16.6. The van der Waals surface area contributed by atoms with E-state index < -0.39 is 12.2 Å². The number of amides is 1. The third kappa shape index (κ3) is 5.39. The number of alkyl halides is 2. The van der Waals surface area contributed by atoms with Crippen LogP contribution in [0.25, 0.3) is 6.08 Å². The normalized spacial score (nSPS) is 16.3. The summed E-state index contributed by atoms with van der Waals surface area (Å²) in [6, 6.07) is 14.0. The average Bonchev–Trinajstić information content (AvgIpc) is 2.68. The van der Waals surface area contributed by atoms with E-state index in [-0.39, 0.29) is 11.7 Å². The highest BCUT2D eigenvalue weighted by atomic mass is 79.9. The van der Waals surface area contributed by atoms with Crippen molar-refractivity contribution in [3.05, 3.63) is 70.2 Å². The zero-order valence-electron chi connectivity index (χ0n) is 15.0. The summed E-state index contributed by atoms with van der Waals surface area (Å²) in [5.74, 6) is -0.147. The second-order valence-corrected chi connectivity index (χ2v) is 7.39. The smallest absolute Gasteiger partial charge is 0.387 e. The van der Waals surface area contributed by atoms with Gasteiger partial charge in [0, 0.05) is 23.8 Å². The van der Waals surface area contributed by atoms with Crippen LogP contribution in [0.5, 0.6) is 5.75 Å². The fraction of sp³-hybridized carbons (Fsp3) is 0.286. The van der Waals surface area contributed by atoms with Crippen molar-refractivity contribution in [3.63, 3.8) is 0 Å². The maximum absolute atomic E-state index is 12.6. The lowest BCUT2D eigenvalue weighted by atomic mass is 9.82. The Bertz CT molecular complexity index is 817. The molecule has 2 aromatic rings. The number of hydrogen-bond donors (Lipinski definition) is 1. The summed E-state index contributed by atoms with van der Waals surface area (Å²) in [6.45, 7) is -1.71. The van der Waals surface area contributed by atoms with Crippen LogP contribution in [0.3, 0.4) is 0 Å². The van der Waals surface area contributed by atoms with Gasteiger partial charge in [-0.05, 0) is 54.3 Å². The van der Waals surface area contributed by atoms with Crippen LogP contribution in [-0.2, 0) is 15.1 Å². The summed E-state index contributed by atoms with van der Waals surface area (Å²) < 4.78 is 35.2. The first kappa shape index (κ1) is 20.5. The number of benzene rings is 2. The molecular weight excluding hydrogens is 432 g/mol. The van der Waals surface area contributed by atoms with Gasteiger partial charge in [-0.1, -0.05) is 40.2 Å². The van der Waals surface area contributed by atoms with Gasteiger partial charge in [0.05, 0.1) is 5.54 Å². The van der Waals surface area contributed by atoms with Crippen molar-refractivity contribution in [2.45, 2.75) is 25.0 Å². The molecule has 2 aromatic carbocycles. The van der Waals surface area contributed by atoms with E-state index in [4.69, 9.17) is 4.74 Å². The van der Waals surface area contributed by atoms with E-state index in [2.05, 4.69) is 26.0 Å². The van der Waals surface area contributed by atoms with E-state index in [9.17, 15) is 13.6 Å². The molecule has 1 aliphatic rings. The second-order valence-electron chi connectivity index (χ2n) is 6.47. The predicted octanol–water partition coefficient (Wildman–Crippen LogP) is 4.89. The lowest BCUT2D eigenvalue weighted by molar-refractivity contribution is -0.119. The Kier molecular flexibility index (Phi) is 6.80. The fourth-order valence-electron chi connectivity index (χ4n) is 3.18. The van der Waals surface area contributed by atoms with Crippen molar-refractivity contribution in [2.75, 3.05) is 13.2 Å². The van der Waals surface area contributed by atoms with Crippen molar-refractivity contribution >= 4 is 27.9 Å². The van der Waals surface area contributed by atoms with Crippen LogP contribution in [-0.4, -0.2) is 25.7 Å². The quantitative estimate of drug-likeness (QED) is 0.636. The zero-order chi connectivity index (χ0) is 20.0. The Hall–Kier alpha value is -2.25. The highest BCUT2D eigenvalue weighted by Crippen LogP contribution is 2.33. The van der Waals surface area contributed by atoms with E-state index in [1.54, 1.807) is 18.2 Å². The number of carbonyl (C=O) groups is 1. The Morgan fingerprint density at radius 3 is 2.36 bits per heavy atom. The number of hydrogen-bond acceptors (Lipinski definition) is 3. The van der Waals surface area contributed by atoms with Gasteiger partial charge < -0.3 is 14.8 Å². The minimum absolute atomic E-state index is 0.0769. The monoisotopic (exact) mass is 451 g/mol. The minimum Gasteiger partial charge on any atom is -0.435 e. The maximum atomic E-state index is 12.6. The molecule has 1 heterocycles. The summed E-state index contributed by atoms with van der Waals surface area (Å²) in [6.07, 6.45) is 4.46. The molecule has 1 fully saturated rings. The van der Waals surface area contributed by atoms with Crippen LogP contribution in [0.15, 0.2) is 59.1 Å². The number of ether oxygens (including phenoxy) is 2. The molecule has 3 rings (SSSR count). The predicted molar refractivity (Wildman–Crippen MR) is 106 cm³/mol. The van der Waals surface area contributed by atoms with Gasteiger partial charge in [0.15, 0.2) is 0 Å². The minimum atomic E-state index is -2.86. The van der Waals surface area contributed by atoms with Gasteiger partial charge in [0.2, 0.25) is 5.91 Å². The number of halogens is 3. The van der Waals surface area contributed by atoms with Crippen molar-refractivity contribution < 1.29 is 23.0 Å². The van der Waals surface area contributed by atoms with Gasteiger partial charge in [0.25, 0.3) is 0 Å². The van der Waals surface area contributed by atoms with E-state index in [0.717, 1.165) is 10.0 Å². The largest absolute Gasteiger partial charge is 0.435 e. The molecule has 0 radical (unpaired) electrons. The third-order valence-electron chi connectivity index (χ3n) is 4.64. The van der Waals surface area contributed by atoms with Crippen molar-refractivity contribution in [2.24, 2.45) is 0 Å². The van der Waals surface area contributed by atoms with Crippen molar-refractivity contribution in [1.82, 2.24) is 5.32 Å². The van der Waals surface area contributed by atoms with Crippen LogP contribution in [0.2, 0.25) is 0 Å². The molecule has 0 unspecified atom stereocenters. The van der Waals surface area contributed by atoms with Crippen LogP contribution < -0.4 is 10.1 Å². The number of rotatable bonds is 6. The summed E-state index contributed by atoms with van der Waals surface area (Å²) in [5, 5.41) is 3.13. The molecule has 1 aliphatic heterocycles. The lowest BCUT2D eigenvalue weighted by Gasteiger charge is -2.38. The molecule has 28 heavy (non-hydrogen) atoms. The van der Waals surface area contributed by atoms with Crippen molar-refractivity contribution in [1.29, 1.82) is 0 Å². The van der Waals surface area contributed by atoms with Gasteiger partial charge in [-0.2, -0.15) is 8.78 Å². The van der Waals surface area contributed by atoms with E-state index in [0.29, 0.717) is 31.6 Å². The second kappa shape index (κ2) is 9.30. The Morgan fingerprint density at radius 1 is 1.11 bits per heavy atom. The third-order valence-corrected chi connectivity index (χ3v) is 5.17. The molecule has 1 N–H and O–H groups in total. The van der Waals surface area contributed by atoms with Gasteiger partial charge in [-0.3, -0.25) is 4.79 Å². The first-order valence-corrected chi connectivity index (χ1v) is 9.65. The molecule has 0 saturated carbocycles. The highest BCUT2D eigenvalue weighted by Gasteiger charge is 2.35. The molecule has 0 bridgehead atoms. The molecule has 0 aliphatic carbocycles. The average molecular weight is 452 g/mol. The SMILES string of the molecule is O=C(/C=C/c1ccc(OC(F)F)cc1)NC1(c2ccc(Br)cc2)CCOCC1. The summed E-state index contributed by atoms with van der Waals surface area (Å²) in [4.78, 5) is 12.6. The molecule has 7 heteroatoms. The molecule has 1 amide bonds. The standard InChI is InChI=1S/C21H20BrF2NO3/c22-17-6-4-16(5-7-17)21(11-13-27-14-12-21)25-19(26)10-3-15-1-8-18(9-2-15)28-20(23)24/h1-10,20H,11-14H2,(H,25,26)/b10-3+. The molecule has 148 valence electrons. The summed E-state index contributed by atoms with van der Waals surface area (Å²) in [7, 11) is 0. The van der Waals surface area contributed by atoms with E-state index in [1.807, 2.05) is 24.3 Å². The maximum Gasteiger partial charge on any atom is 0.387 e. The van der Waals surface area contributed by atoms with Crippen LogP contribution in [0, 0.1) is 0 Å². The van der Waals surface area contributed by atoms with Gasteiger partial charge >= 0.3 is 6.61 Å². The van der Waals surface area contributed by atoms with Gasteiger partial charge in [0.1, 0.15) is 5.75 Å². The van der Waals surface area contributed by atoms with Crippen LogP contribution in [0.1, 0.15) is 24.0 Å². The Labute approximate surface area is 170 Å². The molecule has 0 spiro atoms. The molecule has 0 aromatic heterocycles. The van der Waals surface area contributed by atoms with E-state index >= 15 is 0 Å². The van der Waals surface area contributed by atoms with Gasteiger partial charge in [-0.15, -0.1) is 0 Å². The Morgan fingerprint density at radius 2 is 1.75 bits per heavy atom. The summed E-state index contributed by atoms with van der Waals surface area (Å²) >= 11 is 3.43. The van der Waals surface area contributed by atoms with Gasteiger partial charge in [-0.25, -0.2) is 0 Å². The topological polar surface area (TPSA) is 47.6 Å². The lowest BCUT2D eigenvalue weighted by Crippen LogP contribution is -2.49. The Balaban J connectivity index is 1.70. The van der Waals surface area contributed by atoms with Crippen LogP contribution in [0.4, 0.5) is 8.78 Å². The number of nitrogens with one attached hydrogen (secondary N) is 1. The highest BCUT2D eigenvalue weighted by molar-refractivity contribution is 9.10. The molecular formula is C21H20BrF2NO3. The molecule has 4 nitrogen and oxygen atoms in total. The fourth-order valence-corrected chi connectivity index (χ4v) is 3.45. The van der Waals surface area contributed by atoms with Crippen LogP contribution >= 0.6 is 15.9 Å².